The molecule has 16 aromatic rings. The number of thiazole rings is 4. The van der Waals surface area contributed by atoms with Gasteiger partial charge < -0.3 is 80.2 Å². The third-order valence-corrected chi connectivity index (χ3v) is 30.2. The molecular formula is C106H113BClF3N18O10S4. The molecule has 0 spiro atoms. The van der Waals surface area contributed by atoms with E-state index < -0.39 is 25.0 Å². The number of hydrogen-bond acceptors (Lipinski definition) is 32. The lowest BCUT2D eigenvalue weighted by molar-refractivity contribution is 0.00578. The molecule has 0 unspecified atom stereocenters. The molecule has 742 valence electrons. The van der Waals surface area contributed by atoms with Crippen molar-refractivity contribution in [3.05, 3.63) is 242 Å². The molecule has 4 aliphatic carbocycles. The van der Waals surface area contributed by atoms with Crippen LogP contribution in [0.2, 0.25) is 5.15 Å². The summed E-state index contributed by atoms with van der Waals surface area (Å²) in [6.45, 7) is 12.6. The highest BCUT2D eigenvalue weighted by Gasteiger charge is 2.52. The van der Waals surface area contributed by atoms with Crippen molar-refractivity contribution in [2.24, 2.45) is 0 Å². The maximum absolute atomic E-state index is 13.1. The van der Waals surface area contributed by atoms with E-state index in [1.165, 1.54) is 75.6 Å². The molecule has 9 N–H and O–H groups in total. The Morgan fingerprint density at radius 1 is 0.357 bits per heavy atom. The van der Waals surface area contributed by atoms with Gasteiger partial charge in [-0.25, -0.2) is 44.9 Å². The van der Waals surface area contributed by atoms with E-state index in [1.807, 2.05) is 119 Å². The van der Waals surface area contributed by atoms with Crippen LogP contribution in [0.1, 0.15) is 156 Å². The number of anilines is 5. The molecule has 7 aliphatic rings. The highest BCUT2D eigenvalue weighted by atomic mass is 35.5. The lowest BCUT2D eigenvalue weighted by Crippen LogP contribution is -2.41. The number of ether oxygens (including phenoxy) is 4. The predicted molar refractivity (Wildman–Crippen MR) is 561 cm³/mol. The van der Waals surface area contributed by atoms with Crippen molar-refractivity contribution in [3.8, 4) is 79.8 Å². The lowest BCUT2D eigenvalue weighted by atomic mass is 9.80. The van der Waals surface area contributed by atoms with Gasteiger partial charge in [0.2, 0.25) is 17.8 Å². The summed E-state index contributed by atoms with van der Waals surface area (Å²) in [5.41, 5.74) is 8.12. The van der Waals surface area contributed by atoms with Crippen molar-refractivity contribution in [1.82, 2.24) is 65.1 Å². The van der Waals surface area contributed by atoms with Crippen LogP contribution in [0.25, 0.3) is 74.6 Å². The normalized spacial score (nSPS) is 20.1. The van der Waals surface area contributed by atoms with E-state index >= 15 is 0 Å². The third-order valence-electron chi connectivity index (χ3n) is 26.2. The summed E-state index contributed by atoms with van der Waals surface area (Å²) in [4.78, 5) is 53.6. The van der Waals surface area contributed by atoms with Gasteiger partial charge in [0.15, 0.2) is 20.5 Å². The number of aliphatic hydroxyl groups excluding tert-OH is 4. The van der Waals surface area contributed by atoms with Gasteiger partial charge in [-0.15, -0.1) is 0 Å². The van der Waals surface area contributed by atoms with E-state index in [0.717, 1.165) is 217 Å². The zero-order valence-corrected chi connectivity index (χ0v) is 83.7. The Morgan fingerprint density at radius 2 is 0.671 bits per heavy atom. The summed E-state index contributed by atoms with van der Waals surface area (Å²) in [5.74, 6) is 4.96. The second-order valence-electron chi connectivity index (χ2n) is 37.2. The smallest absolute Gasteiger partial charge is 0.457 e. The van der Waals surface area contributed by atoms with Gasteiger partial charge >= 0.3 is 7.12 Å². The first-order chi connectivity index (χ1) is 69.5. The standard InChI is InChI=1S/C27H29N5O2S.2C23H21FN4O2S.C18H18ClN3O2S.C11H15BFNO2.C4H9N/c33-24-6-2-1-5-21(24)30-27-31-22-9-8-19(16-25(22)35-27)34-20-11-12-28-23(15-20)18-7-10-26(29-17-18)32-13-3-4-14-32;2*24-22-8-5-14(13-26-22)19-11-16(9-10-25-19)30-15-6-7-18-21(12-15)31-23(28-18)27-17-3-1-2-4-20(17)29;19-17-10-12(7-8-20-17)24-11-5-6-14-16(9-11)25-18(22-14)21-13-3-1-2-4-15(13)23;1-10(2)11(3,4)16-12(15-10)8-5-6-9(13)14-7-8;1-2-4-5-3-1/h7-12,15-17,21,24,33H,1-6,13-14H2,(H,30,31);2*5-13,17,20,29H,1-4H2,(H,27,28);5-10,13,15,23H,1-4H2,(H,21,22);5-7H,1-4H3;5H,1-4H2/t21-,24-;2*17-,20-;13-,15-;;/m1111../s1. The van der Waals surface area contributed by atoms with Gasteiger partial charge in [0.05, 0.1) is 118 Å². The number of halogens is 4. The van der Waals surface area contributed by atoms with Crippen molar-refractivity contribution < 1.29 is 61.9 Å². The van der Waals surface area contributed by atoms with Gasteiger partial charge in [0.1, 0.15) is 57.0 Å². The molecule has 3 saturated heterocycles. The number of rotatable bonds is 21. The Kier molecular flexibility index (Phi) is 33.5. The minimum absolute atomic E-state index is 0.0567. The van der Waals surface area contributed by atoms with E-state index in [1.54, 1.807) is 125 Å². The van der Waals surface area contributed by atoms with Crippen molar-refractivity contribution in [3.63, 3.8) is 0 Å². The predicted octanol–water partition coefficient (Wildman–Crippen LogP) is 23.4. The Hall–Kier alpha value is -12.3. The van der Waals surface area contributed by atoms with Crippen LogP contribution in [0.3, 0.4) is 0 Å². The van der Waals surface area contributed by atoms with Gasteiger partial charge in [-0.2, -0.15) is 13.2 Å². The van der Waals surface area contributed by atoms with E-state index in [9.17, 15) is 33.6 Å². The maximum atomic E-state index is 13.1. The van der Waals surface area contributed by atoms with Crippen LogP contribution in [0.15, 0.2) is 219 Å². The molecule has 4 saturated carbocycles. The molecule has 37 heteroatoms. The Morgan fingerprint density at radius 3 is 0.972 bits per heavy atom. The van der Waals surface area contributed by atoms with Crippen LogP contribution in [0, 0.1) is 17.8 Å². The second-order valence-corrected chi connectivity index (χ2v) is 41.7. The average Bonchev–Trinajstić information content (AvgIpc) is 1.61. The number of hydrogen-bond donors (Lipinski definition) is 9. The van der Waals surface area contributed by atoms with Crippen molar-refractivity contribution in [2.75, 3.05) is 52.3 Å². The van der Waals surface area contributed by atoms with Gasteiger partial charge in [-0.3, -0.25) is 15.0 Å². The minimum atomic E-state index is -0.527. The first-order valence-corrected chi connectivity index (χ1v) is 52.4. The molecule has 23 rings (SSSR count). The molecule has 4 aromatic carbocycles. The molecule has 28 nitrogen and oxygen atoms in total. The molecular weight excluding hydrogens is 1920 g/mol. The molecule has 8 atom stereocenters. The molecule has 3 aliphatic heterocycles. The van der Waals surface area contributed by atoms with Crippen LogP contribution in [-0.2, 0) is 9.31 Å². The van der Waals surface area contributed by atoms with Crippen LogP contribution in [0.4, 0.5) is 39.5 Å². The van der Waals surface area contributed by atoms with Gasteiger partial charge in [-0.05, 0) is 233 Å². The number of aliphatic hydroxyl groups is 4. The Balaban J connectivity index is 0.000000118. The fourth-order valence-electron chi connectivity index (χ4n) is 17.6. The summed E-state index contributed by atoms with van der Waals surface area (Å²) >= 11 is 12.1. The first-order valence-electron chi connectivity index (χ1n) is 48.7. The summed E-state index contributed by atoms with van der Waals surface area (Å²) in [6, 6.07) is 50.9. The van der Waals surface area contributed by atoms with Crippen molar-refractivity contribution >= 4 is 137 Å². The van der Waals surface area contributed by atoms with Crippen LogP contribution in [0.5, 0.6) is 46.0 Å². The molecule has 7 fully saturated rings. The highest BCUT2D eigenvalue weighted by molar-refractivity contribution is 7.23. The van der Waals surface area contributed by atoms with E-state index in [-0.39, 0.29) is 59.8 Å². The molecule has 0 bridgehead atoms. The zero-order chi connectivity index (χ0) is 98.8. The monoisotopic (exact) mass is 2030 g/mol. The summed E-state index contributed by atoms with van der Waals surface area (Å²) < 4.78 is 78.6. The van der Waals surface area contributed by atoms with Gasteiger partial charge in [0, 0.05) is 133 Å². The van der Waals surface area contributed by atoms with Gasteiger partial charge in [-0.1, -0.05) is 114 Å². The van der Waals surface area contributed by atoms with Crippen LogP contribution in [-0.4, -0.2) is 173 Å². The number of benzene rings is 4. The molecule has 0 radical (unpaired) electrons. The number of nitrogens with one attached hydrogen (secondary N) is 5. The number of aromatic nitrogens is 12. The lowest BCUT2D eigenvalue weighted by Gasteiger charge is -2.32. The average molecular weight is 2030 g/mol. The number of pyridine rings is 8. The number of nitrogens with zero attached hydrogens (tertiary/aromatic N) is 13. The molecule has 12 aromatic heterocycles. The minimum Gasteiger partial charge on any atom is -0.457 e. The quantitative estimate of drug-likeness (QED) is 0.0238. The fourth-order valence-corrected chi connectivity index (χ4v) is 21.6. The van der Waals surface area contributed by atoms with Crippen molar-refractivity contribution in [1.29, 1.82) is 0 Å². The van der Waals surface area contributed by atoms with E-state index in [2.05, 4.69) is 98.4 Å². The summed E-state index contributed by atoms with van der Waals surface area (Å²) in [6.07, 6.45) is 33.0. The molecule has 15 heterocycles. The topological polar surface area (TPSA) is 354 Å². The maximum Gasteiger partial charge on any atom is 0.496 e. The van der Waals surface area contributed by atoms with Crippen LogP contribution < -0.4 is 55.9 Å². The van der Waals surface area contributed by atoms with Gasteiger partial charge in [0.25, 0.3) is 0 Å². The van der Waals surface area contributed by atoms with Crippen molar-refractivity contribution in [2.45, 2.75) is 216 Å². The number of fused-ring (bicyclic) bond motifs is 4. The summed E-state index contributed by atoms with van der Waals surface area (Å²) in [7, 11) is -0.474. The molecule has 0 amide bonds. The highest BCUT2D eigenvalue weighted by Crippen LogP contribution is 2.42. The first kappa shape index (κ1) is 101. The SMILES string of the molecule is C1CCNC1.CC1(C)OB(c2ccc(F)nc2)OC1(C)C.O[C@@H]1CCCC[C@H]1Nc1nc2ccc(Oc3ccnc(-c4ccc(F)nc4)c3)cc2s1.O[C@@H]1CCCC[C@H]1Nc1nc2ccc(Oc3ccnc(-c4ccc(F)nc4)c3)cc2s1.O[C@@H]1CCCC[C@H]1Nc1nc2ccc(Oc3ccnc(-c4ccc(N5CCCC5)nc4)c3)cc2s1.O[C@@H]1CCCC[C@H]1Nc1nc2ccc(Oc3ccnc(Cl)c3)cc2s1. The summed E-state index contributed by atoms with van der Waals surface area (Å²) in [5, 5.41) is 61.3. The second kappa shape index (κ2) is 47.5. The van der Waals surface area contributed by atoms with E-state index in [4.69, 9.17) is 44.8 Å². The van der Waals surface area contributed by atoms with Crippen LogP contribution >= 0.6 is 56.9 Å². The fraction of sp³-hybridized carbons (Fsp3) is 0.358. The largest absolute Gasteiger partial charge is 0.496 e. The Labute approximate surface area is 848 Å². The zero-order valence-electron chi connectivity index (χ0n) is 79.6. The third kappa shape index (κ3) is 27.2. The Bertz CT molecular complexity index is 6690. The molecule has 143 heavy (non-hydrogen) atoms. The van der Waals surface area contributed by atoms with E-state index in [0.29, 0.717) is 56.4 Å².